The molecule has 2 N–H and O–H groups in total. The molecule has 2 aromatic heterocycles. The third-order valence-electron chi connectivity index (χ3n) is 12.2. The summed E-state index contributed by atoms with van der Waals surface area (Å²) in [5.74, 6) is -2.58. The molecule has 0 radical (unpaired) electrons. The molecule has 3 aromatic rings. The summed E-state index contributed by atoms with van der Waals surface area (Å²) in [5.41, 5.74) is 7.36. The Morgan fingerprint density at radius 3 is 2.59 bits per heavy atom. The van der Waals surface area contributed by atoms with Gasteiger partial charge in [0.15, 0.2) is 0 Å². The van der Waals surface area contributed by atoms with Crippen molar-refractivity contribution in [3.63, 3.8) is 0 Å². The van der Waals surface area contributed by atoms with E-state index in [0.29, 0.717) is 38.8 Å². The minimum Gasteiger partial charge on any atom is -0.464 e. The lowest BCUT2D eigenvalue weighted by atomic mass is 9.84. The highest BCUT2D eigenvalue weighted by atomic mass is 16.5. The Balaban J connectivity index is 1.22. The number of aromatic nitrogens is 3. The molecule has 2 fully saturated rings. The predicted molar refractivity (Wildman–Crippen MR) is 227 cm³/mol. The Bertz CT molecular complexity index is 2220. The van der Waals surface area contributed by atoms with Crippen molar-refractivity contribution in [2.45, 2.75) is 97.6 Å². The van der Waals surface area contributed by atoms with Crippen LogP contribution in [0.15, 0.2) is 54.7 Å². The van der Waals surface area contributed by atoms with Gasteiger partial charge in [-0.15, -0.1) is 5.10 Å². The molecule has 0 aliphatic carbocycles. The number of likely N-dealkylation sites (tertiary alicyclic amines) is 1. The van der Waals surface area contributed by atoms with Gasteiger partial charge < -0.3 is 29.2 Å². The number of hydrogen-bond donors (Lipinski definition) is 2. The molecule has 4 aliphatic heterocycles. The molecule has 17 heteroatoms. The van der Waals surface area contributed by atoms with Crippen molar-refractivity contribution in [2.24, 2.45) is 22.4 Å². The topological polar surface area (TPSA) is 184 Å². The van der Waals surface area contributed by atoms with E-state index in [-0.39, 0.29) is 49.7 Å². The van der Waals surface area contributed by atoms with Gasteiger partial charge in [0, 0.05) is 80.1 Å². The van der Waals surface area contributed by atoms with Crippen LogP contribution in [0.4, 0.5) is 0 Å². The Labute approximate surface area is 356 Å². The largest absolute Gasteiger partial charge is 0.464 e. The van der Waals surface area contributed by atoms with Crippen LogP contribution >= 0.6 is 0 Å². The first kappa shape index (κ1) is 43.3. The summed E-state index contributed by atoms with van der Waals surface area (Å²) in [7, 11) is 3.38. The van der Waals surface area contributed by atoms with E-state index in [2.05, 4.69) is 64.8 Å². The number of fused-ring (bicyclic) bond motifs is 6. The first-order chi connectivity index (χ1) is 29.1. The number of carbonyl (C=O) groups excluding carboxylic acids is 5. The molecule has 17 nitrogen and oxygen atoms in total. The van der Waals surface area contributed by atoms with Gasteiger partial charge in [0.05, 0.1) is 24.6 Å². The number of nitrogens with one attached hydrogen (secondary N) is 2. The molecule has 326 valence electrons. The highest BCUT2D eigenvalue weighted by molar-refractivity contribution is 5.96. The zero-order valence-corrected chi connectivity index (χ0v) is 36.2. The number of rotatable bonds is 8. The van der Waals surface area contributed by atoms with E-state index in [9.17, 15) is 24.0 Å². The summed E-state index contributed by atoms with van der Waals surface area (Å²) in [4.78, 5) is 80.4. The van der Waals surface area contributed by atoms with E-state index in [4.69, 9.17) is 14.6 Å². The fourth-order valence-corrected chi connectivity index (χ4v) is 9.16. The molecule has 5 atom stereocenters. The number of likely N-dealkylation sites (N-methyl/N-ethyl adjacent to an activating group) is 1. The van der Waals surface area contributed by atoms with E-state index in [0.717, 1.165) is 33.3 Å². The van der Waals surface area contributed by atoms with Gasteiger partial charge in [-0.05, 0) is 62.3 Å². The van der Waals surface area contributed by atoms with Gasteiger partial charge in [-0.1, -0.05) is 40.3 Å². The number of ether oxygens (including phenoxy) is 2. The second-order valence-corrected chi connectivity index (χ2v) is 17.7. The lowest BCUT2D eigenvalue weighted by molar-refractivity contribution is -0.155. The fraction of sp³-hybridized carbons (Fsp3) is 0.545. The molecule has 2 saturated heterocycles. The van der Waals surface area contributed by atoms with Gasteiger partial charge in [-0.2, -0.15) is 0 Å². The summed E-state index contributed by atoms with van der Waals surface area (Å²) in [6, 6.07) is 3.26. The van der Waals surface area contributed by atoms with E-state index >= 15 is 0 Å². The molecule has 7 rings (SSSR count). The normalized spacial score (nSPS) is 23.5. The average Bonchev–Trinajstić information content (AvgIpc) is 3.97. The van der Waals surface area contributed by atoms with Gasteiger partial charge in [-0.3, -0.25) is 34.0 Å². The van der Waals surface area contributed by atoms with Crippen LogP contribution in [0.2, 0.25) is 0 Å². The Kier molecular flexibility index (Phi) is 12.5. The molecule has 6 bridgehead atoms. The van der Waals surface area contributed by atoms with E-state index in [1.54, 1.807) is 24.0 Å². The maximum Gasteiger partial charge on any atom is 0.324 e. The Hall–Kier alpha value is -5.84. The van der Waals surface area contributed by atoms with Crippen molar-refractivity contribution in [3.8, 4) is 11.3 Å². The number of carbonyl (C=O) groups is 5. The highest BCUT2D eigenvalue weighted by Gasteiger charge is 2.41. The van der Waals surface area contributed by atoms with Crippen molar-refractivity contribution < 1.29 is 33.4 Å². The predicted octanol–water partition coefficient (Wildman–Crippen LogP) is 3.41. The van der Waals surface area contributed by atoms with Crippen LogP contribution in [0.5, 0.6) is 0 Å². The SMILES string of the molecule is C=CC(=O)N1CC[C@H](C(=O)N(C)[C@H](C(=O)N[C@H]2CC3=NN(C)C(O3)c3ccc4c(c3)c(c(-c3cncnc3)n4CC)CC(C)(C)COC(=O)[C@@H]3CCCN(N3)C2=O)C(C)C)C1. The third kappa shape index (κ3) is 8.83. The highest BCUT2D eigenvalue weighted by Crippen LogP contribution is 2.40. The summed E-state index contributed by atoms with van der Waals surface area (Å²) < 4.78 is 14.8. The quantitative estimate of drug-likeness (QED) is 0.251. The van der Waals surface area contributed by atoms with Crippen LogP contribution in [0.3, 0.4) is 0 Å². The molecule has 0 spiro atoms. The second kappa shape index (κ2) is 17.6. The molecule has 6 heterocycles. The average molecular weight is 839 g/mol. The van der Waals surface area contributed by atoms with Gasteiger partial charge in [0.25, 0.3) is 5.91 Å². The number of esters is 1. The Morgan fingerprint density at radius 1 is 1.13 bits per heavy atom. The lowest BCUT2D eigenvalue weighted by Gasteiger charge is -2.37. The number of cyclic esters (lactones) is 1. The van der Waals surface area contributed by atoms with E-state index in [1.807, 2.05) is 32.3 Å². The summed E-state index contributed by atoms with van der Waals surface area (Å²) >= 11 is 0. The van der Waals surface area contributed by atoms with Crippen LogP contribution in [0.1, 0.15) is 77.7 Å². The van der Waals surface area contributed by atoms with Gasteiger partial charge in [0.2, 0.25) is 29.8 Å². The number of benzene rings is 1. The molecule has 1 aromatic carbocycles. The number of hydrogen-bond acceptors (Lipinski definition) is 12. The summed E-state index contributed by atoms with van der Waals surface area (Å²) in [6.45, 7) is 15.2. The lowest BCUT2D eigenvalue weighted by Crippen LogP contribution is -2.62. The van der Waals surface area contributed by atoms with Crippen LogP contribution in [0, 0.1) is 17.3 Å². The van der Waals surface area contributed by atoms with Crippen molar-refractivity contribution in [2.75, 3.05) is 40.3 Å². The van der Waals surface area contributed by atoms with Crippen LogP contribution in [-0.2, 0) is 46.4 Å². The third-order valence-corrected chi connectivity index (χ3v) is 12.2. The maximum absolute atomic E-state index is 14.5. The van der Waals surface area contributed by atoms with Crippen LogP contribution in [-0.4, -0.2) is 128 Å². The number of nitrogens with zero attached hydrogens (tertiary/aromatic N) is 8. The number of hydrazine groups is 1. The zero-order chi connectivity index (χ0) is 43.7. The van der Waals surface area contributed by atoms with Gasteiger partial charge in [-0.25, -0.2) is 15.4 Å². The summed E-state index contributed by atoms with van der Waals surface area (Å²) in [5, 5.41) is 11.8. The summed E-state index contributed by atoms with van der Waals surface area (Å²) in [6.07, 6.45) is 7.62. The van der Waals surface area contributed by atoms with Gasteiger partial charge >= 0.3 is 5.97 Å². The standard InChI is InChI=1S/C44H58N10O7/c1-9-36(55)52-17-15-28(23-52)40(57)50(7)37(26(3)4)39(56)47-33-19-35-49-51(8)42(61-35)27-13-14-34-30(18-27)31(38(53(34)10-2)29-21-45-25-46-22-29)20-44(5,6)24-60-43(59)32-12-11-16-54(48-32)41(33)58/h9,13-14,18,21-22,25-26,28,32-33,37,42,48H,1,10-12,15-17,19-20,23-24H2,2-8H3,(H,47,56)/t28-,32-,33-,37-,42?/m0/s1. The fourth-order valence-electron chi connectivity index (χ4n) is 9.16. The molecular weight excluding hydrogens is 781 g/mol. The minimum atomic E-state index is -1.18. The Morgan fingerprint density at radius 2 is 1.89 bits per heavy atom. The molecule has 0 saturated carbocycles. The van der Waals surface area contributed by atoms with E-state index < -0.39 is 53.5 Å². The van der Waals surface area contributed by atoms with E-state index in [1.165, 1.54) is 22.3 Å². The number of hydrazone groups is 1. The van der Waals surface area contributed by atoms with Crippen molar-refractivity contribution in [3.05, 3.63) is 60.7 Å². The minimum absolute atomic E-state index is 0.103. The number of amides is 4. The smallest absolute Gasteiger partial charge is 0.324 e. The zero-order valence-electron chi connectivity index (χ0n) is 36.2. The van der Waals surface area contributed by atoms with Gasteiger partial charge in [0.1, 0.15) is 24.5 Å². The molecule has 1 unspecified atom stereocenters. The van der Waals surface area contributed by atoms with Crippen molar-refractivity contribution in [1.82, 2.24) is 45.1 Å². The first-order valence-corrected chi connectivity index (χ1v) is 21.2. The second-order valence-electron chi connectivity index (χ2n) is 17.7. The number of aryl methyl sites for hydroxylation is 1. The molecule has 4 amide bonds. The van der Waals surface area contributed by atoms with Crippen LogP contribution in [0.25, 0.3) is 22.2 Å². The van der Waals surface area contributed by atoms with Crippen LogP contribution < -0.4 is 10.7 Å². The maximum atomic E-state index is 14.5. The monoisotopic (exact) mass is 838 g/mol. The molecule has 4 aliphatic rings. The van der Waals surface area contributed by atoms with Crippen molar-refractivity contribution in [1.29, 1.82) is 0 Å². The first-order valence-electron chi connectivity index (χ1n) is 21.2. The van der Waals surface area contributed by atoms with Crippen molar-refractivity contribution >= 4 is 46.4 Å². The molecular formula is C44H58N10O7. The molecule has 61 heavy (non-hydrogen) atoms.